The summed E-state index contributed by atoms with van der Waals surface area (Å²) < 4.78 is 0. The summed E-state index contributed by atoms with van der Waals surface area (Å²) in [6, 6.07) is 3.98. The first-order valence-electron chi connectivity index (χ1n) is 8.32. The highest BCUT2D eigenvalue weighted by molar-refractivity contribution is 5.98. The van der Waals surface area contributed by atoms with Crippen molar-refractivity contribution in [3.63, 3.8) is 0 Å². The molecule has 0 unspecified atom stereocenters. The molecule has 136 valence electrons. The number of likely N-dealkylation sites (N-methyl/N-ethyl adjacent to an activating group) is 1. The first-order valence-corrected chi connectivity index (χ1v) is 8.32. The number of carboxylic acids is 1. The molecule has 25 heavy (non-hydrogen) atoms. The number of rotatable bonds is 5. The van der Waals surface area contributed by atoms with Crippen LogP contribution in [0.5, 0.6) is 0 Å². The molecule has 1 aromatic carbocycles. The summed E-state index contributed by atoms with van der Waals surface area (Å²) in [6.45, 7) is 9.27. The van der Waals surface area contributed by atoms with Gasteiger partial charge in [0.25, 0.3) is 0 Å². The summed E-state index contributed by atoms with van der Waals surface area (Å²) in [6.07, 6.45) is 0. The molecule has 1 aliphatic carbocycles. The van der Waals surface area contributed by atoms with Crippen molar-refractivity contribution >= 4 is 23.5 Å². The second kappa shape index (κ2) is 6.50. The molecule has 0 spiro atoms. The first kappa shape index (κ1) is 19.0. The average Bonchev–Trinajstić information content (AvgIpc) is 3.04. The minimum atomic E-state index is -0.966. The largest absolute Gasteiger partial charge is 0.481 e. The van der Waals surface area contributed by atoms with Crippen molar-refractivity contribution in [2.45, 2.75) is 34.6 Å². The van der Waals surface area contributed by atoms with Crippen molar-refractivity contribution in [3.8, 4) is 0 Å². The van der Waals surface area contributed by atoms with Crippen LogP contribution in [0, 0.1) is 38.0 Å². The summed E-state index contributed by atoms with van der Waals surface area (Å²) in [5, 5.41) is 12.1. The van der Waals surface area contributed by atoms with E-state index in [0.29, 0.717) is 0 Å². The van der Waals surface area contributed by atoms with Crippen molar-refractivity contribution in [2.75, 3.05) is 18.9 Å². The molecule has 2 amide bonds. The SMILES string of the molecule is Cc1cc(C)c(NC(=O)CN(C)C(=O)[C@@H]2[C@H](C(=O)O)C2(C)C)c(C)c1. The highest BCUT2D eigenvalue weighted by atomic mass is 16.4. The number of nitrogens with zero attached hydrogens (tertiary/aromatic N) is 1. The fourth-order valence-electron chi connectivity index (χ4n) is 3.65. The third-order valence-corrected chi connectivity index (χ3v) is 5.06. The summed E-state index contributed by atoms with van der Waals surface area (Å²) in [4.78, 5) is 37.3. The Morgan fingerprint density at radius 2 is 1.64 bits per heavy atom. The van der Waals surface area contributed by atoms with Crippen molar-refractivity contribution in [2.24, 2.45) is 17.3 Å². The van der Waals surface area contributed by atoms with Gasteiger partial charge in [-0.25, -0.2) is 0 Å². The van der Waals surface area contributed by atoms with Gasteiger partial charge in [-0.2, -0.15) is 0 Å². The number of aliphatic carboxylic acids is 1. The molecule has 6 nitrogen and oxygen atoms in total. The van der Waals surface area contributed by atoms with Crippen LogP contribution in [0.2, 0.25) is 0 Å². The van der Waals surface area contributed by atoms with Crippen molar-refractivity contribution in [3.05, 3.63) is 28.8 Å². The highest BCUT2D eigenvalue weighted by Gasteiger charge is 2.66. The van der Waals surface area contributed by atoms with Crippen LogP contribution in [0.3, 0.4) is 0 Å². The predicted octanol–water partition coefficient (Wildman–Crippen LogP) is 2.37. The van der Waals surface area contributed by atoms with E-state index in [1.54, 1.807) is 13.8 Å². The molecule has 0 radical (unpaired) electrons. The van der Waals surface area contributed by atoms with Gasteiger partial charge in [0.1, 0.15) is 0 Å². The molecule has 0 bridgehead atoms. The Kier molecular flexibility index (Phi) is 4.93. The second-order valence-electron chi connectivity index (χ2n) is 7.63. The zero-order valence-corrected chi connectivity index (χ0v) is 15.6. The first-order chi connectivity index (χ1) is 11.5. The van der Waals surface area contributed by atoms with E-state index in [9.17, 15) is 19.5 Å². The Labute approximate surface area is 148 Å². The average molecular weight is 346 g/mol. The normalized spacial score (nSPS) is 20.7. The van der Waals surface area contributed by atoms with Gasteiger partial charge in [-0.1, -0.05) is 31.5 Å². The molecule has 1 aromatic rings. The van der Waals surface area contributed by atoms with E-state index in [1.807, 2.05) is 32.9 Å². The molecule has 6 heteroatoms. The molecule has 2 N–H and O–H groups in total. The maximum atomic E-state index is 12.5. The van der Waals surface area contributed by atoms with Gasteiger partial charge in [0.15, 0.2) is 0 Å². The number of carbonyl (C=O) groups is 3. The summed E-state index contributed by atoms with van der Waals surface area (Å²) in [7, 11) is 1.53. The van der Waals surface area contributed by atoms with Crippen LogP contribution < -0.4 is 5.32 Å². The topological polar surface area (TPSA) is 86.7 Å². The van der Waals surface area contributed by atoms with E-state index in [-0.39, 0.29) is 18.4 Å². The van der Waals surface area contributed by atoms with Crippen LogP contribution in [0.1, 0.15) is 30.5 Å². The van der Waals surface area contributed by atoms with Gasteiger partial charge in [0, 0.05) is 12.7 Å². The van der Waals surface area contributed by atoms with Gasteiger partial charge in [-0.3, -0.25) is 14.4 Å². The van der Waals surface area contributed by atoms with Gasteiger partial charge in [-0.05, 0) is 37.3 Å². The fraction of sp³-hybridized carbons (Fsp3) is 0.526. The molecular formula is C19H26N2O4. The Bertz CT molecular complexity index is 716. The van der Waals surface area contributed by atoms with Gasteiger partial charge in [0.2, 0.25) is 11.8 Å². The van der Waals surface area contributed by atoms with Crippen LogP contribution >= 0.6 is 0 Å². The molecule has 0 saturated heterocycles. The summed E-state index contributed by atoms with van der Waals surface area (Å²) >= 11 is 0. The van der Waals surface area contributed by atoms with Crippen LogP contribution in [0.25, 0.3) is 0 Å². The zero-order chi connectivity index (χ0) is 19.1. The Morgan fingerprint density at radius 3 is 2.08 bits per heavy atom. The molecule has 0 aromatic heterocycles. The monoisotopic (exact) mass is 346 g/mol. The lowest BCUT2D eigenvalue weighted by atomic mass is 10.1. The predicted molar refractivity (Wildman–Crippen MR) is 95.3 cm³/mol. The van der Waals surface area contributed by atoms with Gasteiger partial charge >= 0.3 is 5.97 Å². The van der Waals surface area contributed by atoms with E-state index >= 15 is 0 Å². The van der Waals surface area contributed by atoms with Crippen LogP contribution in [-0.2, 0) is 14.4 Å². The number of nitrogens with one attached hydrogen (secondary N) is 1. The summed E-state index contributed by atoms with van der Waals surface area (Å²) in [5.41, 5.74) is 3.24. The van der Waals surface area contributed by atoms with Gasteiger partial charge < -0.3 is 15.3 Å². The molecule has 2 atom stereocenters. The lowest BCUT2D eigenvalue weighted by molar-refractivity contribution is -0.142. The zero-order valence-electron chi connectivity index (χ0n) is 15.6. The molecule has 0 heterocycles. The summed E-state index contributed by atoms with van der Waals surface area (Å²) in [5.74, 6) is -2.83. The number of benzene rings is 1. The molecule has 1 saturated carbocycles. The lowest BCUT2D eigenvalue weighted by Crippen LogP contribution is -2.37. The number of carbonyl (C=O) groups excluding carboxylic acids is 2. The maximum absolute atomic E-state index is 12.5. The smallest absolute Gasteiger partial charge is 0.307 e. The number of hydrogen-bond acceptors (Lipinski definition) is 3. The molecule has 0 aliphatic heterocycles. The van der Waals surface area contributed by atoms with Crippen molar-refractivity contribution in [1.82, 2.24) is 4.90 Å². The fourth-order valence-corrected chi connectivity index (χ4v) is 3.65. The van der Waals surface area contributed by atoms with E-state index in [0.717, 1.165) is 22.4 Å². The number of hydrogen-bond donors (Lipinski definition) is 2. The number of aryl methyl sites for hydroxylation is 3. The highest BCUT2D eigenvalue weighted by Crippen LogP contribution is 2.58. The standard InChI is InChI=1S/C19H26N2O4/c1-10-7-11(2)16(12(3)8-10)20-13(22)9-21(6)17(23)14-15(18(24)25)19(14,4)5/h7-8,14-15H,9H2,1-6H3,(H,20,22)(H,24,25)/t14-,15+/m0/s1. The second-order valence-corrected chi connectivity index (χ2v) is 7.63. The van der Waals surface area contributed by atoms with E-state index in [4.69, 9.17) is 0 Å². The number of carboxylic acid groups (broad SMARTS) is 1. The van der Waals surface area contributed by atoms with E-state index < -0.39 is 23.2 Å². The molecule has 2 rings (SSSR count). The minimum Gasteiger partial charge on any atom is -0.481 e. The van der Waals surface area contributed by atoms with Crippen LogP contribution in [0.4, 0.5) is 5.69 Å². The lowest BCUT2D eigenvalue weighted by Gasteiger charge is -2.19. The third kappa shape index (κ3) is 3.67. The van der Waals surface area contributed by atoms with Crippen molar-refractivity contribution in [1.29, 1.82) is 0 Å². The minimum absolute atomic E-state index is 0.107. The Balaban J connectivity index is 2.02. The van der Waals surface area contributed by atoms with Crippen LogP contribution in [0.15, 0.2) is 12.1 Å². The number of amides is 2. The van der Waals surface area contributed by atoms with Gasteiger partial charge in [0.05, 0.1) is 18.4 Å². The van der Waals surface area contributed by atoms with E-state index in [1.165, 1.54) is 11.9 Å². The maximum Gasteiger partial charge on any atom is 0.307 e. The van der Waals surface area contributed by atoms with Crippen LogP contribution in [-0.4, -0.2) is 41.4 Å². The van der Waals surface area contributed by atoms with E-state index in [2.05, 4.69) is 5.32 Å². The van der Waals surface area contributed by atoms with Gasteiger partial charge in [-0.15, -0.1) is 0 Å². The van der Waals surface area contributed by atoms with Crippen molar-refractivity contribution < 1.29 is 19.5 Å². The Hall–Kier alpha value is -2.37. The third-order valence-electron chi connectivity index (χ3n) is 5.06. The molecular weight excluding hydrogens is 320 g/mol. The molecule has 1 aliphatic rings. The number of anilines is 1. The molecule has 1 fully saturated rings. The Morgan fingerprint density at radius 1 is 1.12 bits per heavy atom. The quantitative estimate of drug-likeness (QED) is 0.857.